The van der Waals surface area contributed by atoms with E-state index in [1.165, 1.54) is 0 Å². The lowest BCUT2D eigenvalue weighted by Crippen LogP contribution is -2.29. The van der Waals surface area contributed by atoms with E-state index in [0.717, 1.165) is 22.2 Å². The normalized spacial score (nSPS) is 11.7. The van der Waals surface area contributed by atoms with Crippen molar-refractivity contribution < 1.29 is 4.43 Å². The Balaban J connectivity index is 2.58. The van der Waals surface area contributed by atoms with Gasteiger partial charge in [-0.15, -0.1) is 0 Å². The monoisotopic (exact) mass is 231 g/mol. The molecule has 0 saturated carbocycles. The maximum Gasteiger partial charge on any atom is 0.242 e. The number of fused-ring (bicyclic) bond motifs is 1. The fourth-order valence-electron chi connectivity index (χ4n) is 1.72. The third-order valence-corrected chi connectivity index (χ3v) is 3.16. The summed E-state index contributed by atoms with van der Waals surface area (Å²) in [6, 6.07) is 12.0. The van der Waals surface area contributed by atoms with Crippen molar-refractivity contribution in [3.8, 4) is 5.75 Å². The minimum absolute atomic E-state index is 0.804. The second-order valence-corrected chi connectivity index (χ2v) is 9.34. The van der Waals surface area contributed by atoms with Crippen molar-refractivity contribution in [3.63, 3.8) is 0 Å². The van der Waals surface area contributed by atoms with Gasteiger partial charge < -0.3 is 10.2 Å². The molecule has 2 N–H and O–H groups in total. The summed E-state index contributed by atoms with van der Waals surface area (Å²) in [6.07, 6.45) is 0. The summed E-state index contributed by atoms with van der Waals surface area (Å²) < 4.78 is 6.05. The van der Waals surface area contributed by atoms with E-state index in [1.807, 2.05) is 30.3 Å². The fraction of sp³-hybridized carbons (Fsp3) is 0.231. The van der Waals surface area contributed by atoms with Crippen molar-refractivity contribution in [2.75, 3.05) is 5.73 Å². The molecule has 0 radical (unpaired) electrons. The largest absolute Gasteiger partial charge is 0.544 e. The second-order valence-electron chi connectivity index (χ2n) is 4.91. The van der Waals surface area contributed by atoms with Crippen molar-refractivity contribution in [1.29, 1.82) is 0 Å². The molecule has 0 spiro atoms. The van der Waals surface area contributed by atoms with Crippen LogP contribution in [0.1, 0.15) is 0 Å². The number of nitrogens with two attached hydrogens (primary N) is 1. The SMILES string of the molecule is C[Si](C)(C)Oc1cccc2c(N)cccc12. The lowest BCUT2D eigenvalue weighted by molar-refractivity contribution is 0.564. The predicted molar refractivity (Wildman–Crippen MR) is 72.3 cm³/mol. The molecule has 0 aliphatic carbocycles. The fourth-order valence-corrected chi connectivity index (χ4v) is 2.56. The first kappa shape index (κ1) is 11.0. The molecule has 0 aromatic heterocycles. The van der Waals surface area contributed by atoms with Crippen LogP contribution >= 0.6 is 0 Å². The molecule has 0 atom stereocenters. The second kappa shape index (κ2) is 3.83. The van der Waals surface area contributed by atoms with E-state index in [4.69, 9.17) is 10.2 Å². The molecule has 0 aliphatic rings. The first-order valence-corrected chi connectivity index (χ1v) is 8.84. The van der Waals surface area contributed by atoms with Crippen LogP contribution < -0.4 is 10.2 Å². The molecular weight excluding hydrogens is 214 g/mol. The summed E-state index contributed by atoms with van der Waals surface area (Å²) in [7, 11) is -1.57. The summed E-state index contributed by atoms with van der Waals surface area (Å²) in [6.45, 7) is 6.54. The summed E-state index contributed by atoms with van der Waals surface area (Å²) in [4.78, 5) is 0. The lowest BCUT2D eigenvalue weighted by Gasteiger charge is -2.20. The molecular formula is C13H17NOSi. The van der Waals surface area contributed by atoms with Gasteiger partial charge in [-0.1, -0.05) is 24.3 Å². The zero-order chi connectivity index (χ0) is 11.8. The van der Waals surface area contributed by atoms with Crippen LogP contribution in [0.4, 0.5) is 5.69 Å². The van der Waals surface area contributed by atoms with E-state index in [9.17, 15) is 0 Å². The Labute approximate surface area is 97.2 Å². The first-order valence-electron chi connectivity index (χ1n) is 5.43. The van der Waals surface area contributed by atoms with Crippen molar-refractivity contribution >= 4 is 24.8 Å². The van der Waals surface area contributed by atoms with E-state index in [1.54, 1.807) is 0 Å². The molecule has 0 unspecified atom stereocenters. The van der Waals surface area contributed by atoms with Crippen LogP contribution in [0.3, 0.4) is 0 Å². The molecule has 16 heavy (non-hydrogen) atoms. The quantitative estimate of drug-likeness (QED) is 0.632. The number of nitrogen functional groups attached to an aromatic ring is 1. The van der Waals surface area contributed by atoms with Gasteiger partial charge in [0.05, 0.1) is 0 Å². The van der Waals surface area contributed by atoms with Gasteiger partial charge in [0.15, 0.2) is 0 Å². The molecule has 0 bridgehead atoms. The van der Waals surface area contributed by atoms with Crippen LogP contribution in [0.25, 0.3) is 10.8 Å². The van der Waals surface area contributed by atoms with Crippen molar-refractivity contribution in [1.82, 2.24) is 0 Å². The molecule has 0 amide bonds. The van der Waals surface area contributed by atoms with E-state index in [2.05, 4.69) is 25.7 Å². The Bertz CT molecular complexity index is 517. The highest BCUT2D eigenvalue weighted by atomic mass is 28.4. The van der Waals surface area contributed by atoms with Crippen LogP contribution in [0.5, 0.6) is 5.75 Å². The number of benzene rings is 2. The third-order valence-electron chi connectivity index (χ3n) is 2.33. The summed E-state index contributed by atoms with van der Waals surface area (Å²) in [5.41, 5.74) is 6.75. The van der Waals surface area contributed by atoms with Crippen LogP contribution in [0.15, 0.2) is 36.4 Å². The van der Waals surface area contributed by atoms with Gasteiger partial charge in [0.1, 0.15) is 5.75 Å². The van der Waals surface area contributed by atoms with E-state index in [0.29, 0.717) is 0 Å². The number of anilines is 1. The summed E-state index contributed by atoms with van der Waals surface area (Å²) in [5, 5.41) is 2.17. The van der Waals surface area contributed by atoms with Crippen LogP contribution in [0, 0.1) is 0 Å². The van der Waals surface area contributed by atoms with Crippen LogP contribution in [-0.2, 0) is 0 Å². The lowest BCUT2D eigenvalue weighted by atomic mass is 10.1. The molecule has 0 heterocycles. The van der Waals surface area contributed by atoms with Gasteiger partial charge in [0, 0.05) is 16.5 Å². The first-order chi connectivity index (χ1) is 7.47. The Hall–Kier alpha value is -1.48. The molecule has 0 fully saturated rings. The number of hydrogen-bond acceptors (Lipinski definition) is 2. The van der Waals surface area contributed by atoms with Crippen LogP contribution in [0.2, 0.25) is 19.6 Å². The molecule has 3 heteroatoms. The molecule has 2 rings (SSSR count). The Morgan fingerprint density at radius 1 is 0.938 bits per heavy atom. The van der Waals surface area contributed by atoms with Crippen LogP contribution in [-0.4, -0.2) is 8.32 Å². The van der Waals surface area contributed by atoms with Crippen molar-refractivity contribution in [3.05, 3.63) is 36.4 Å². The van der Waals surface area contributed by atoms with Crippen molar-refractivity contribution in [2.45, 2.75) is 19.6 Å². The highest BCUT2D eigenvalue weighted by molar-refractivity contribution is 6.70. The predicted octanol–water partition coefficient (Wildman–Crippen LogP) is 3.64. The Kier molecular flexibility index (Phi) is 2.64. The zero-order valence-corrected chi connectivity index (χ0v) is 10.9. The maximum absolute atomic E-state index is 6.05. The van der Waals surface area contributed by atoms with E-state index in [-0.39, 0.29) is 0 Å². The summed E-state index contributed by atoms with van der Waals surface area (Å²) in [5.74, 6) is 0.948. The van der Waals surface area contributed by atoms with Gasteiger partial charge >= 0.3 is 0 Å². The molecule has 2 aromatic rings. The third kappa shape index (κ3) is 2.19. The minimum Gasteiger partial charge on any atom is -0.544 e. The van der Waals surface area contributed by atoms with Gasteiger partial charge in [-0.3, -0.25) is 0 Å². The van der Waals surface area contributed by atoms with Gasteiger partial charge in [-0.2, -0.15) is 0 Å². The van der Waals surface area contributed by atoms with E-state index >= 15 is 0 Å². The zero-order valence-electron chi connectivity index (χ0n) is 9.95. The van der Waals surface area contributed by atoms with Crippen molar-refractivity contribution in [2.24, 2.45) is 0 Å². The minimum atomic E-state index is -1.57. The van der Waals surface area contributed by atoms with E-state index < -0.39 is 8.32 Å². The topological polar surface area (TPSA) is 35.2 Å². The molecule has 2 aromatic carbocycles. The average Bonchev–Trinajstić information content (AvgIpc) is 2.17. The van der Waals surface area contributed by atoms with Gasteiger partial charge in [-0.05, 0) is 31.8 Å². The highest BCUT2D eigenvalue weighted by Gasteiger charge is 2.17. The smallest absolute Gasteiger partial charge is 0.242 e. The molecule has 0 aliphatic heterocycles. The molecule has 2 nitrogen and oxygen atoms in total. The average molecular weight is 231 g/mol. The number of hydrogen-bond donors (Lipinski definition) is 1. The summed E-state index contributed by atoms with van der Waals surface area (Å²) >= 11 is 0. The molecule has 0 saturated heterocycles. The maximum atomic E-state index is 6.05. The highest BCUT2D eigenvalue weighted by Crippen LogP contribution is 2.30. The van der Waals surface area contributed by atoms with Gasteiger partial charge in [0.25, 0.3) is 0 Å². The number of rotatable bonds is 2. The van der Waals surface area contributed by atoms with Gasteiger partial charge in [-0.25, -0.2) is 0 Å². The standard InChI is InChI=1S/C13H17NOSi/c1-16(2,3)15-13-9-5-6-10-11(13)7-4-8-12(10)14/h4-9H,14H2,1-3H3. The van der Waals surface area contributed by atoms with Gasteiger partial charge in [0.2, 0.25) is 8.32 Å². The Morgan fingerprint density at radius 2 is 1.56 bits per heavy atom. The Morgan fingerprint density at radius 3 is 2.25 bits per heavy atom. The molecule has 84 valence electrons.